The largest absolute Gasteiger partial charge is 0.370 e. The summed E-state index contributed by atoms with van der Waals surface area (Å²) in [6, 6.07) is 2.26. The van der Waals surface area contributed by atoms with Crippen LogP contribution in [0.4, 0.5) is 5.82 Å². The van der Waals surface area contributed by atoms with Crippen LogP contribution < -0.4 is 5.32 Å². The first-order valence-corrected chi connectivity index (χ1v) is 6.34. The van der Waals surface area contributed by atoms with Crippen LogP contribution in [0.25, 0.3) is 0 Å². The van der Waals surface area contributed by atoms with Crippen molar-refractivity contribution in [3.8, 4) is 6.07 Å². The minimum atomic E-state index is 0.0505. The summed E-state index contributed by atoms with van der Waals surface area (Å²) >= 11 is 0. The number of nitriles is 1. The lowest BCUT2D eigenvalue weighted by molar-refractivity contribution is 0.303. The molecule has 0 amide bonds. The lowest BCUT2D eigenvalue weighted by atomic mass is 10.1. The van der Waals surface area contributed by atoms with Crippen LogP contribution in [0, 0.1) is 24.2 Å². The van der Waals surface area contributed by atoms with Crippen LogP contribution >= 0.6 is 0 Å². The Labute approximate surface area is 109 Å². The average Bonchev–Trinajstić information content (AvgIpc) is 2.56. The van der Waals surface area contributed by atoms with Gasteiger partial charge in [-0.05, 0) is 27.8 Å². The third-order valence-electron chi connectivity index (χ3n) is 2.92. The number of hydrogen-bond donors (Lipinski definition) is 1. The van der Waals surface area contributed by atoms with Crippen LogP contribution in [0.1, 0.15) is 25.1 Å². The lowest BCUT2D eigenvalue weighted by Crippen LogP contribution is -2.24. The summed E-state index contributed by atoms with van der Waals surface area (Å²) in [5.41, 5.74) is 2.26. The third kappa shape index (κ3) is 3.47. The summed E-state index contributed by atoms with van der Waals surface area (Å²) in [6.45, 7) is 8.51. The second-order valence-electron chi connectivity index (χ2n) is 4.79. The van der Waals surface area contributed by atoms with Crippen LogP contribution in [0.2, 0.25) is 0 Å². The minimum Gasteiger partial charge on any atom is -0.370 e. The van der Waals surface area contributed by atoms with Crippen molar-refractivity contribution < 1.29 is 0 Å². The van der Waals surface area contributed by atoms with Gasteiger partial charge in [-0.3, -0.25) is 4.68 Å². The van der Waals surface area contributed by atoms with E-state index in [4.69, 9.17) is 5.26 Å². The molecule has 1 aromatic rings. The maximum absolute atomic E-state index is 8.84. The molecule has 0 aromatic carbocycles. The van der Waals surface area contributed by atoms with E-state index in [1.165, 1.54) is 5.56 Å². The molecule has 0 aliphatic heterocycles. The van der Waals surface area contributed by atoms with Crippen LogP contribution in [0.3, 0.4) is 0 Å². The Morgan fingerprint density at radius 2 is 2.22 bits per heavy atom. The lowest BCUT2D eigenvalue weighted by Gasteiger charge is -2.18. The molecule has 5 nitrogen and oxygen atoms in total. The van der Waals surface area contributed by atoms with Gasteiger partial charge in [-0.1, -0.05) is 0 Å². The summed E-state index contributed by atoms with van der Waals surface area (Å²) in [4.78, 5) is 2.17. The number of nitrogens with one attached hydrogen (secondary N) is 1. The van der Waals surface area contributed by atoms with E-state index in [0.29, 0.717) is 0 Å². The Morgan fingerprint density at radius 1 is 1.56 bits per heavy atom. The number of nitrogens with zero attached hydrogens (tertiary/aromatic N) is 4. The Balaban J connectivity index is 2.80. The van der Waals surface area contributed by atoms with Gasteiger partial charge in [0.1, 0.15) is 5.82 Å². The van der Waals surface area contributed by atoms with Crippen molar-refractivity contribution in [2.24, 2.45) is 13.0 Å². The van der Waals surface area contributed by atoms with Gasteiger partial charge in [-0.2, -0.15) is 10.4 Å². The van der Waals surface area contributed by atoms with E-state index in [9.17, 15) is 0 Å². The first-order valence-electron chi connectivity index (χ1n) is 6.34. The Kier molecular flexibility index (Phi) is 5.17. The van der Waals surface area contributed by atoms with Gasteiger partial charge >= 0.3 is 0 Å². The summed E-state index contributed by atoms with van der Waals surface area (Å²) in [5, 5.41) is 16.6. The Hall–Kier alpha value is -1.54. The predicted octanol–water partition coefficient (Wildman–Crippen LogP) is 1.75. The standard InChI is InChI=1S/C13H23N5/c1-6-15-13-12(11(3)16-18(13)5)9-17(4)8-10(2)7-14/h10,15H,6,8-9H2,1-5H3. The summed E-state index contributed by atoms with van der Waals surface area (Å²) in [7, 11) is 3.99. The topological polar surface area (TPSA) is 56.9 Å². The Bertz CT molecular complexity index is 429. The molecule has 1 unspecified atom stereocenters. The molecule has 0 aliphatic carbocycles. The van der Waals surface area contributed by atoms with E-state index in [1.807, 2.05) is 32.6 Å². The monoisotopic (exact) mass is 249 g/mol. The van der Waals surface area contributed by atoms with Gasteiger partial charge in [-0.25, -0.2) is 0 Å². The van der Waals surface area contributed by atoms with Gasteiger partial charge in [0.25, 0.3) is 0 Å². The summed E-state index contributed by atoms with van der Waals surface area (Å²) in [5.74, 6) is 1.13. The first kappa shape index (κ1) is 14.5. The summed E-state index contributed by atoms with van der Waals surface area (Å²) in [6.07, 6.45) is 0. The number of aromatic nitrogens is 2. The highest BCUT2D eigenvalue weighted by atomic mass is 15.3. The van der Waals surface area contributed by atoms with Crippen molar-refractivity contribution in [2.75, 3.05) is 25.5 Å². The van der Waals surface area contributed by atoms with E-state index in [-0.39, 0.29) is 5.92 Å². The first-order chi connectivity index (χ1) is 8.49. The highest BCUT2D eigenvalue weighted by Crippen LogP contribution is 2.20. The molecule has 5 heteroatoms. The van der Waals surface area contributed by atoms with Crippen LogP contribution in [0.15, 0.2) is 0 Å². The van der Waals surface area contributed by atoms with Crippen LogP contribution in [0.5, 0.6) is 0 Å². The zero-order chi connectivity index (χ0) is 13.7. The smallest absolute Gasteiger partial charge is 0.128 e. The molecule has 0 saturated carbocycles. The molecule has 0 bridgehead atoms. The molecule has 1 rings (SSSR count). The molecule has 0 fully saturated rings. The van der Waals surface area contributed by atoms with Gasteiger partial charge < -0.3 is 10.2 Å². The second kappa shape index (κ2) is 6.41. The normalized spacial score (nSPS) is 12.5. The van der Waals surface area contributed by atoms with Crippen molar-refractivity contribution in [2.45, 2.75) is 27.3 Å². The van der Waals surface area contributed by atoms with Gasteiger partial charge in [0.15, 0.2) is 0 Å². The molecule has 1 atom stereocenters. The van der Waals surface area contributed by atoms with Gasteiger partial charge in [0.05, 0.1) is 17.7 Å². The van der Waals surface area contributed by atoms with Crippen molar-refractivity contribution >= 4 is 5.82 Å². The van der Waals surface area contributed by atoms with E-state index in [1.54, 1.807) is 0 Å². The highest BCUT2D eigenvalue weighted by Gasteiger charge is 2.15. The molecule has 0 spiro atoms. The van der Waals surface area contributed by atoms with Gasteiger partial charge in [-0.15, -0.1) is 0 Å². The number of aryl methyl sites for hydroxylation is 2. The molecule has 1 aromatic heterocycles. The van der Waals surface area contributed by atoms with Crippen molar-refractivity contribution in [1.29, 1.82) is 5.26 Å². The van der Waals surface area contributed by atoms with E-state index < -0.39 is 0 Å². The molecule has 0 aliphatic rings. The predicted molar refractivity (Wildman–Crippen MR) is 73.2 cm³/mol. The van der Waals surface area contributed by atoms with E-state index in [2.05, 4.69) is 28.3 Å². The third-order valence-corrected chi connectivity index (χ3v) is 2.92. The number of hydrogen-bond acceptors (Lipinski definition) is 4. The van der Waals surface area contributed by atoms with Gasteiger partial charge in [0.2, 0.25) is 0 Å². The maximum Gasteiger partial charge on any atom is 0.128 e. The number of rotatable bonds is 6. The zero-order valence-electron chi connectivity index (χ0n) is 12.0. The summed E-state index contributed by atoms with van der Waals surface area (Å²) < 4.78 is 1.88. The minimum absolute atomic E-state index is 0.0505. The van der Waals surface area contributed by atoms with Gasteiger partial charge in [0, 0.05) is 32.2 Å². The van der Waals surface area contributed by atoms with E-state index >= 15 is 0 Å². The molecule has 1 heterocycles. The average molecular weight is 249 g/mol. The van der Waals surface area contributed by atoms with Crippen molar-refractivity contribution in [3.63, 3.8) is 0 Å². The zero-order valence-corrected chi connectivity index (χ0v) is 12.0. The fraction of sp³-hybridized carbons (Fsp3) is 0.692. The molecule has 100 valence electrons. The second-order valence-corrected chi connectivity index (χ2v) is 4.79. The Morgan fingerprint density at radius 3 is 2.78 bits per heavy atom. The quantitative estimate of drug-likeness (QED) is 0.834. The van der Waals surface area contributed by atoms with Crippen LogP contribution in [-0.4, -0.2) is 34.8 Å². The SMILES string of the molecule is CCNc1c(CN(C)CC(C)C#N)c(C)nn1C. The molecule has 0 radical (unpaired) electrons. The molecule has 0 saturated heterocycles. The van der Waals surface area contributed by atoms with E-state index in [0.717, 1.165) is 31.1 Å². The molecule has 18 heavy (non-hydrogen) atoms. The fourth-order valence-corrected chi connectivity index (χ4v) is 2.12. The molecular weight excluding hydrogens is 226 g/mol. The molecule has 1 N–H and O–H groups in total. The molecular formula is C13H23N5. The van der Waals surface area contributed by atoms with Crippen LogP contribution in [-0.2, 0) is 13.6 Å². The van der Waals surface area contributed by atoms with Crippen molar-refractivity contribution in [3.05, 3.63) is 11.3 Å². The fourth-order valence-electron chi connectivity index (χ4n) is 2.12. The number of anilines is 1. The maximum atomic E-state index is 8.84. The highest BCUT2D eigenvalue weighted by molar-refractivity contribution is 5.47. The van der Waals surface area contributed by atoms with Crippen molar-refractivity contribution in [1.82, 2.24) is 14.7 Å².